The summed E-state index contributed by atoms with van der Waals surface area (Å²) in [5, 5.41) is 6.95. The van der Waals surface area contributed by atoms with E-state index in [1.807, 2.05) is 63.2 Å². The van der Waals surface area contributed by atoms with E-state index in [4.69, 9.17) is 16.6 Å². The molecular formula is C19H18N2O2S. The van der Waals surface area contributed by atoms with Crippen LogP contribution < -0.4 is 10.6 Å². The number of anilines is 1. The van der Waals surface area contributed by atoms with Crippen LogP contribution in [0.2, 0.25) is 0 Å². The fraction of sp³-hybridized carbons (Fsp3) is 0.158. The van der Waals surface area contributed by atoms with E-state index in [1.54, 1.807) is 0 Å². The number of aryl methyl sites for hydroxylation is 3. The summed E-state index contributed by atoms with van der Waals surface area (Å²) in [4.78, 5) is 12.5. The Labute approximate surface area is 145 Å². The first kappa shape index (κ1) is 16.2. The molecule has 3 rings (SSSR count). The van der Waals surface area contributed by atoms with Crippen LogP contribution in [-0.2, 0) is 0 Å². The summed E-state index contributed by atoms with van der Waals surface area (Å²) in [6.07, 6.45) is 0. The molecule has 1 heterocycles. The van der Waals surface area contributed by atoms with Gasteiger partial charge in [-0.2, -0.15) is 0 Å². The van der Waals surface area contributed by atoms with Crippen LogP contribution in [0.25, 0.3) is 11.0 Å². The molecule has 24 heavy (non-hydrogen) atoms. The van der Waals surface area contributed by atoms with Gasteiger partial charge in [-0.25, -0.2) is 0 Å². The Balaban J connectivity index is 1.79. The van der Waals surface area contributed by atoms with Gasteiger partial charge < -0.3 is 9.73 Å². The molecule has 0 atom stereocenters. The standard InChI is InChI=1S/C19H18N2O2S/c1-11-7-6-8-12(2)16(11)20-19(24)21-18(22)17-13(3)14-9-4-5-10-15(14)23-17/h4-10H,1-3H3,(H2,20,21,22,24). The summed E-state index contributed by atoms with van der Waals surface area (Å²) < 4.78 is 5.66. The Morgan fingerprint density at radius 3 is 2.33 bits per heavy atom. The number of thiocarbonyl (C=S) groups is 1. The average Bonchev–Trinajstić information content (AvgIpc) is 2.89. The summed E-state index contributed by atoms with van der Waals surface area (Å²) in [6.45, 7) is 5.84. The highest BCUT2D eigenvalue weighted by Crippen LogP contribution is 2.25. The van der Waals surface area contributed by atoms with Crippen molar-refractivity contribution in [2.75, 3.05) is 5.32 Å². The van der Waals surface area contributed by atoms with Gasteiger partial charge in [-0.1, -0.05) is 36.4 Å². The first-order valence-corrected chi connectivity index (χ1v) is 8.05. The third-order valence-electron chi connectivity index (χ3n) is 4.00. The number of carbonyl (C=O) groups is 1. The van der Waals surface area contributed by atoms with Crippen molar-refractivity contribution in [1.82, 2.24) is 5.32 Å². The largest absolute Gasteiger partial charge is 0.451 e. The van der Waals surface area contributed by atoms with Crippen molar-refractivity contribution in [3.05, 3.63) is 64.9 Å². The highest BCUT2D eigenvalue weighted by atomic mass is 32.1. The highest BCUT2D eigenvalue weighted by molar-refractivity contribution is 7.80. The Kier molecular flexibility index (Phi) is 4.36. The molecule has 0 bridgehead atoms. The fourth-order valence-electron chi connectivity index (χ4n) is 2.71. The average molecular weight is 338 g/mol. The van der Waals surface area contributed by atoms with Crippen molar-refractivity contribution >= 4 is 39.9 Å². The van der Waals surface area contributed by atoms with E-state index < -0.39 is 0 Å². The number of hydrogen-bond acceptors (Lipinski definition) is 3. The van der Waals surface area contributed by atoms with Crippen molar-refractivity contribution in [1.29, 1.82) is 0 Å². The van der Waals surface area contributed by atoms with Crippen LogP contribution in [0.1, 0.15) is 27.2 Å². The molecule has 122 valence electrons. The van der Waals surface area contributed by atoms with Crippen LogP contribution >= 0.6 is 12.2 Å². The Hall–Kier alpha value is -2.66. The molecule has 3 aromatic rings. The number of para-hydroxylation sites is 2. The van der Waals surface area contributed by atoms with Gasteiger partial charge in [0, 0.05) is 16.6 Å². The molecule has 1 aromatic heterocycles. The minimum atomic E-state index is -0.354. The smallest absolute Gasteiger partial charge is 0.293 e. The summed E-state index contributed by atoms with van der Waals surface area (Å²) in [5.74, 6) is -0.0747. The zero-order chi connectivity index (χ0) is 17.3. The number of benzene rings is 2. The molecule has 0 spiro atoms. The van der Waals surface area contributed by atoms with Gasteiger partial charge in [0.25, 0.3) is 5.91 Å². The summed E-state index contributed by atoms with van der Waals surface area (Å²) in [5.41, 5.74) is 4.52. The monoisotopic (exact) mass is 338 g/mol. The number of carbonyl (C=O) groups excluding carboxylic acids is 1. The first-order chi connectivity index (χ1) is 11.5. The molecular weight excluding hydrogens is 320 g/mol. The van der Waals surface area contributed by atoms with Gasteiger partial charge in [-0.3, -0.25) is 10.1 Å². The van der Waals surface area contributed by atoms with Gasteiger partial charge in [-0.15, -0.1) is 0 Å². The molecule has 0 saturated heterocycles. The van der Waals surface area contributed by atoms with E-state index in [1.165, 1.54) is 0 Å². The molecule has 0 aliphatic rings. The Morgan fingerprint density at radius 1 is 1.00 bits per heavy atom. The molecule has 0 fully saturated rings. The molecule has 4 nitrogen and oxygen atoms in total. The first-order valence-electron chi connectivity index (χ1n) is 7.64. The summed E-state index contributed by atoms with van der Waals surface area (Å²) in [7, 11) is 0. The van der Waals surface area contributed by atoms with Gasteiger partial charge >= 0.3 is 0 Å². The maximum Gasteiger partial charge on any atom is 0.293 e. The quantitative estimate of drug-likeness (QED) is 0.676. The molecule has 0 unspecified atom stereocenters. The molecule has 1 amide bonds. The number of furan rings is 1. The minimum Gasteiger partial charge on any atom is -0.451 e. The SMILES string of the molecule is Cc1cccc(C)c1NC(=S)NC(=O)c1oc2ccccc2c1C. The van der Waals surface area contributed by atoms with Gasteiger partial charge in [-0.05, 0) is 50.2 Å². The fourth-order valence-corrected chi connectivity index (χ4v) is 2.90. The predicted molar refractivity (Wildman–Crippen MR) is 101 cm³/mol. The zero-order valence-corrected chi connectivity index (χ0v) is 14.6. The number of fused-ring (bicyclic) bond motifs is 1. The normalized spacial score (nSPS) is 10.6. The lowest BCUT2D eigenvalue weighted by atomic mass is 10.1. The van der Waals surface area contributed by atoms with Gasteiger partial charge in [0.2, 0.25) is 0 Å². The lowest BCUT2D eigenvalue weighted by molar-refractivity contribution is 0.0952. The summed E-state index contributed by atoms with van der Waals surface area (Å²) >= 11 is 5.27. The van der Waals surface area contributed by atoms with E-state index >= 15 is 0 Å². The lowest BCUT2D eigenvalue weighted by Gasteiger charge is -2.13. The van der Waals surface area contributed by atoms with Crippen molar-refractivity contribution in [3.63, 3.8) is 0 Å². The predicted octanol–water partition coefficient (Wildman–Crippen LogP) is 4.48. The van der Waals surface area contributed by atoms with Crippen LogP contribution in [0.15, 0.2) is 46.9 Å². The number of amides is 1. The van der Waals surface area contributed by atoms with Crippen LogP contribution in [0.3, 0.4) is 0 Å². The topological polar surface area (TPSA) is 54.3 Å². The zero-order valence-electron chi connectivity index (χ0n) is 13.8. The van der Waals surface area contributed by atoms with Crippen molar-refractivity contribution < 1.29 is 9.21 Å². The summed E-state index contributed by atoms with van der Waals surface area (Å²) in [6, 6.07) is 13.5. The Bertz CT molecular complexity index is 923. The van der Waals surface area contributed by atoms with Crippen molar-refractivity contribution in [3.8, 4) is 0 Å². The van der Waals surface area contributed by atoms with Crippen LogP contribution in [0, 0.1) is 20.8 Å². The molecule has 2 N–H and O–H groups in total. The van der Waals surface area contributed by atoms with Gasteiger partial charge in [0.1, 0.15) is 5.58 Å². The Morgan fingerprint density at radius 2 is 1.67 bits per heavy atom. The molecule has 2 aromatic carbocycles. The number of rotatable bonds is 2. The molecule has 0 saturated carbocycles. The second-order valence-corrected chi connectivity index (χ2v) is 6.14. The van der Waals surface area contributed by atoms with Crippen LogP contribution in [0.5, 0.6) is 0 Å². The number of nitrogens with one attached hydrogen (secondary N) is 2. The van der Waals surface area contributed by atoms with Gasteiger partial charge in [0.15, 0.2) is 10.9 Å². The van der Waals surface area contributed by atoms with E-state index in [9.17, 15) is 4.79 Å². The number of hydrogen-bond donors (Lipinski definition) is 2. The molecule has 0 radical (unpaired) electrons. The molecule has 0 aliphatic heterocycles. The molecule has 5 heteroatoms. The lowest BCUT2D eigenvalue weighted by Crippen LogP contribution is -2.34. The van der Waals surface area contributed by atoms with E-state index in [0.717, 1.165) is 27.8 Å². The van der Waals surface area contributed by atoms with Crippen LogP contribution in [0.4, 0.5) is 5.69 Å². The maximum absolute atomic E-state index is 12.5. The second-order valence-electron chi connectivity index (χ2n) is 5.73. The van der Waals surface area contributed by atoms with Crippen molar-refractivity contribution in [2.45, 2.75) is 20.8 Å². The highest BCUT2D eigenvalue weighted by Gasteiger charge is 2.18. The van der Waals surface area contributed by atoms with Crippen LogP contribution in [-0.4, -0.2) is 11.0 Å². The molecule has 0 aliphatic carbocycles. The third kappa shape index (κ3) is 3.03. The maximum atomic E-state index is 12.5. The minimum absolute atomic E-state index is 0.247. The van der Waals surface area contributed by atoms with Gasteiger partial charge in [0.05, 0.1) is 0 Å². The van der Waals surface area contributed by atoms with Crippen molar-refractivity contribution in [2.24, 2.45) is 0 Å². The van der Waals surface area contributed by atoms with E-state index in [0.29, 0.717) is 5.58 Å². The van der Waals surface area contributed by atoms with E-state index in [2.05, 4.69) is 10.6 Å². The second kappa shape index (κ2) is 6.45. The third-order valence-corrected chi connectivity index (χ3v) is 4.20. The van der Waals surface area contributed by atoms with E-state index in [-0.39, 0.29) is 16.8 Å².